The molecular weight excluding hydrogens is 204 g/mol. The normalized spacial score (nSPS) is 10.3. The second-order valence-corrected chi connectivity index (χ2v) is 3.59. The summed E-state index contributed by atoms with van der Waals surface area (Å²) in [5.41, 5.74) is 1.22. The molecule has 1 aromatic heterocycles. The van der Waals surface area contributed by atoms with Gasteiger partial charge in [0.25, 0.3) is 0 Å². The maximum Gasteiger partial charge on any atom is 0.356 e. The first kappa shape index (κ1) is 10.4. The molecule has 2 aromatic rings. The number of benzene rings is 1. The summed E-state index contributed by atoms with van der Waals surface area (Å²) in [7, 11) is 0. The summed E-state index contributed by atoms with van der Waals surface area (Å²) in [6.45, 7) is 2.45. The Bertz CT molecular complexity index is 503. The molecule has 0 aliphatic carbocycles. The highest BCUT2D eigenvalue weighted by atomic mass is 16.4. The molecule has 0 saturated carbocycles. The molecule has 4 nitrogen and oxygen atoms in total. The first-order valence-electron chi connectivity index (χ1n) is 4.98. The lowest BCUT2D eigenvalue weighted by molar-refractivity contribution is 0.0691. The van der Waals surface area contributed by atoms with Gasteiger partial charge in [0, 0.05) is 12.7 Å². The predicted molar refractivity (Wildman–Crippen MR) is 59.5 cm³/mol. The Morgan fingerprint density at radius 1 is 1.38 bits per heavy atom. The summed E-state index contributed by atoms with van der Waals surface area (Å²) >= 11 is 0. The van der Waals surface area contributed by atoms with Crippen LogP contribution in [0.2, 0.25) is 0 Å². The molecule has 0 saturated heterocycles. The summed E-state index contributed by atoms with van der Waals surface area (Å²) in [6, 6.07) is 9.87. The van der Waals surface area contributed by atoms with Crippen molar-refractivity contribution in [3.05, 3.63) is 53.6 Å². The van der Waals surface area contributed by atoms with E-state index in [0.29, 0.717) is 12.4 Å². The summed E-state index contributed by atoms with van der Waals surface area (Å²) in [6.07, 6.45) is 1.56. The Kier molecular flexibility index (Phi) is 2.72. The molecule has 1 heterocycles. The number of rotatable bonds is 3. The van der Waals surface area contributed by atoms with Gasteiger partial charge >= 0.3 is 5.97 Å². The third-order valence-corrected chi connectivity index (χ3v) is 2.39. The zero-order valence-electron chi connectivity index (χ0n) is 8.92. The highest BCUT2D eigenvalue weighted by Gasteiger charge is 2.10. The zero-order chi connectivity index (χ0) is 11.5. The van der Waals surface area contributed by atoms with Crippen LogP contribution in [0, 0.1) is 6.92 Å². The van der Waals surface area contributed by atoms with E-state index in [4.69, 9.17) is 5.11 Å². The number of aromatic nitrogens is 2. The van der Waals surface area contributed by atoms with Gasteiger partial charge in [-0.1, -0.05) is 30.3 Å². The zero-order valence-corrected chi connectivity index (χ0v) is 8.92. The van der Waals surface area contributed by atoms with Gasteiger partial charge in [-0.25, -0.2) is 9.78 Å². The first-order valence-corrected chi connectivity index (χ1v) is 4.98. The Labute approximate surface area is 93.2 Å². The minimum absolute atomic E-state index is 0.0911. The predicted octanol–water partition coefficient (Wildman–Crippen LogP) is 1.94. The lowest BCUT2D eigenvalue weighted by atomic mass is 10.2. The molecule has 0 unspecified atom stereocenters. The smallest absolute Gasteiger partial charge is 0.356 e. The summed E-state index contributed by atoms with van der Waals surface area (Å²) < 4.78 is 1.83. The van der Waals surface area contributed by atoms with E-state index >= 15 is 0 Å². The average molecular weight is 216 g/mol. The fourth-order valence-corrected chi connectivity index (χ4v) is 1.55. The van der Waals surface area contributed by atoms with Crippen molar-refractivity contribution < 1.29 is 9.90 Å². The van der Waals surface area contributed by atoms with Crippen molar-refractivity contribution >= 4 is 5.97 Å². The van der Waals surface area contributed by atoms with Gasteiger partial charge in [0.15, 0.2) is 5.69 Å². The lowest BCUT2D eigenvalue weighted by Crippen LogP contribution is -2.00. The third-order valence-electron chi connectivity index (χ3n) is 2.39. The third kappa shape index (κ3) is 2.11. The van der Waals surface area contributed by atoms with Crippen molar-refractivity contribution in [2.45, 2.75) is 13.5 Å². The van der Waals surface area contributed by atoms with Crippen LogP contribution in [0.4, 0.5) is 0 Å². The van der Waals surface area contributed by atoms with Crippen LogP contribution in [-0.4, -0.2) is 20.6 Å². The molecule has 82 valence electrons. The van der Waals surface area contributed by atoms with Gasteiger partial charge in [-0.15, -0.1) is 0 Å². The number of nitrogens with zero attached hydrogens (tertiary/aromatic N) is 2. The monoisotopic (exact) mass is 216 g/mol. The van der Waals surface area contributed by atoms with Gasteiger partial charge in [-0.3, -0.25) is 0 Å². The number of carboxylic acid groups (broad SMARTS) is 1. The number of carboxylic acids is 1. The van der Waals surface area contributed by atoms with Gasteiger partial charge in [-0.05, 0) is 12.5 Å². The number of aryl methyl sites for hydroxylation is 1. The van der Waals surface area contributed by atoms with Gasteiger partial charge in [0.05, 0.1) is 0 Å². The van der Waals surface area contributed by atoms with Gasteiger partial charge in [0.1, 0.15) is 5.82 Å². The highest BCUT2D eigenvalue weighted by Crippen LogP contribution is 2.07. The standard InChI is InChI=1S/C12H12N2O2/c1-9-13-11(12(15)16)8-14(9)7-10-5-3-2-4-6-10/h2-6,8H,7H2,1H3,(H,15,16). The van der Waals surface area contributed by atoms with E-state index in [0.717, 1.165) is 5.56 Å². The number of hydrogen-bond acceptors (Lipinski definition) is 2. The fraction of sp³-hybridized carbons (Fsp3) is 0.167. The van der Waals surface area contributed by atoms with E-state index in [9.17, 15) is 4.79 Å². The van der Waals surface area contributed by atoms with Crippen LogP contribution >= 0.6 is 0 Å². The quantitative estimate of drug-likeness (QED) is 0.853. The van der Waals surface area contributed by atoms with Crippen molar-refractivity contribution in [1.82, 2.24) is 9.55 Å². The Morgan fingerprint density at radius 3 is 2.62 bits per heavy atom. The first-order chi connectivity index (χ1) is 7.66. The molecule has 1 N–H and O–H groups in total. The largest absolute Gasteiger partial charge is 0.476 e. The Hall–Kier alpha value is -2.10. The molecule has 2 rings (SSSR count). The van der Waals surface area contributed by atoms with Crippen LogP contribution in [0.3, 0.4) is 0 Å². The van der Waals surface area contributed by atoms with Crippen molar-refractivity contribution in [3.8, 4) is 0 Å². The van der Waals surface area contributed by atoms with Gasteiger partial charge in [-0.2, -0.15) is 0 Å². The molecule has 0 spiro atoms. The van der Waals surface area contributed by atoms with E-state index in [1.54, 1.807) is 13.1 Å². The van der Waals surface area contributed by atoms with Crippen molar-refractivity contribution in [1.29, 1.82) is 0 Å². The maximum absolute atomic E-state index is 10.7. The molecule has 4 heteroatoms. The van der Waals surface area contributed by atoms with Crippen LogP contribution in [0.1, 0.15) is 21.9 Å². The van der Waals surface area contributed by atoms with Gasteiger partial charge < -0.3 is 9.67 Å². The van der Waals surface area contributed by atoms with E-state index < -0.39 is 5.97 Å². The molecular formula is C12H12N2O2. The molecule has 0 aliphatic heterocycles. The second-order valence-electron chi connectivity index (χ2n) is 3.59. The van der Waals surface area contributed by atoms with Crippen molar-refractivity contribution in [2.75, 3.05) is 0 Å². The fourth-order valence-electron chi connectivity index (χ4n) is 1.55. The van der Waals surface area contributed by atoms with E-state index in [1.807, 2.05) is 34.9 Å². The van der Waals surface area contributed by atoms with Crippen LogP contribution in [0.25, 0.3) is 0 Å². The number of hydrogen-bond donors (Lipinski definition) is 1. The number of imidazole rings is 1. The molecule has 0 radical (unpaired) electrons. The topological polar surface area (TPSA) is 55.1 Å². The van der Waals surface area contributed by atoms with Crippen LogP contribution in [-0.2, 0) is 6.54 Å². The van der Waals surface area contributed by atoms with Gasteiger partial charge in [0.2, 0.25) is 0 Å². The molecule has 0 aliphatic rings. The van der Waals surface area contributed by atoms with Crippen molar-refractivity contribution in [2.24, 2.45) is 0 Å². The molecule has 16 heavy (non-hydrogen) atoms. The van der Waals surface area contributed by atoms with Crippen LogP contribution < -0.4 is 0 Å². The Balaban J connectivity index is 2.25. The SMILES string of the molecule is Cc1nc(C(=O)O)cn1Cc1ccccc1. The highest BCUT2D eigenvalue weighted by molar-refractivity contribution is 5.85. The van der Waals surface area contributed by atoms with Crippen molar-refractivity contribution in [3.63, 3.8) is 0 Å². The van der Waals surface area contributed by atoms with Crippen LogP contribution in [0.5, 0.6) is 0 Å². The molecule has 0 fully saturated rings. The summed E-state index contributed by atoms with van der Waals surface area (Å²) in [4.78, 5) is 14.7. The average Bonchev–Trinajstić information content (AvgIpc) is 2.62. The number of aromatic carboxylic acids is 1. The minimum Gasteiger partial charge on any atom is -0.476 e. The molecule has 0 bridgehead atoms. The summed E-state index contributed by atoms with van der Waals surface area (Å²) in [5.74, 6) is -0.281. The second kappa shape index (κ2) is 4.18. The molecule has 0 amide bonds. The molecule has 0 atom stereocenters. The van der Waals surface area contributed by atoms with Crippen LogP contribution in [0.15, 0.2) is 36.5 Å². The van der Waals surface area contributed by atoms with E-state index in [-0.39, 0.29) is 5.69 Å². The Morgan fingerprint density at radius 2 is 2.06 bits per heavy atom. The van der Waals surface area contributed by atoms with E-state index in [2.05, 4.69) is 4.98 Å². The minimum atomic E-state index is -0.991. The molecule has 1 aromatic carbocycles. The maximum atomic E-state index is 10.7. The lowest BCUT2D eigenvalue weighted by Gasteiger charge is -2.03. The summed E-state index contributed by atoms with van der Waals surface area (Å²) in [5, 5.41) is 8.81. The van der Waals surface area contributed by atoms with E-state index in [1.165, 1.54) is 0 Å². The number of carbonyl (C=O) groups is 1.